The van der Waals surface area contributed by atoms with Crippen LogP contribution in [0.15, 0.2) is 55.1 Å². The average Bonchev–Trinajstić information content (AvgIpc) is 3.11. The molecule has 0 saturated heterocycles. The van der Waals surface area contributed by atoms with Crippen LogP contribution < -0.4 is 5.73 Å². The van der Waals surface area contributed by atoms with Gasteiger partial charge in [0.1, 0.15) is 11.0 Å². The van der Waals surface area contributed by atoms with Crippen LogP contribution in [-0.2, 0) is 20.7 Å². The number of aliphatic hydroxyl groups is 1. The zero-order valence-corrected chi connectivity index (χ0v) is 16.2. The van der Waals surface area contributed by atoms with Crippen LogP contribution in [0, 0.1) is 0 Å². The third-order valence-electron chi connectivity index (χ3n) is 4.68. The summed E-state index contributed by atoms with van der Waals surface area (Å²) in [6, 6.07) is 12.9. The fraction of sp³-hybridized carbons (Fsp3) is 0.286. The zero-order chi connectivity index (χ0) is 20.5. The Labute approximate surface area is 163 Å². The van der Waals surface area contributed by atoms with Crippen LogP contribution in [0.5, 0.6) is 0 Å². The Morgan fingerprint density at radius 1 is 1.21 bits per heavy atom. The number of fused-ring (bicyclic) bond motifs is 1. The van der Waals surface area contributed by atoms with Gasteiger partial charge in [-0.2, -0.15) is 4.80 Å². The van der Waals surface area contributed by atoms with E-state index in [0.717, 1.165) is 22.7 Å². The maximum absolute atomic E-state index is 11.7. The van der Waals surface area contributed by atoms with Gasteiger partial charge >= 0.3 is 5.97 Å². The molecule has 7 nitrogen and oxygen atoms in total. The number of hydrogen-bond donors (Lipinski definition) is 2. The van der Waals surface area contributed by atoms with Crippen molar-refractivity contribution in [3.63, 3.8) is 0 Å². The molecule has 7 heteroatoms. The summed E-state index contributed by atoms with van der Waals surface area (Å²) in [7, 11) is 0. The lowest BCUT2D eigenvalue weighted by Crippen LogP contribution is -2.38. The molecule has 0 fully saturated rings. The number of nitrogens with zero attached hydrogens (tertiary/aromatic N) is 3. The first-order valence-corrected chi connectivity index (χ1v) is 8.90. The van der Waals surface area contributed by atoms with Crippen LogP contribution in [0.25, 0.3) is 16.7 Å². The van der Waals surface area contributed by atoms with Crippen molar-refractivity contribution in [3.05, 3.63) is 66.2 Å². The average molecular weight is 380 g/mol. The van der Waals surface area contributed by atoms with E-state index in [9.17, 15) is 9.90 Å². The van der Waals surface area contributed by atoms with Gasteiger partial charge in [-0.25, -0.2) is 4.79 Å². The molecule has 0 aliphatic rings. The molecular formula is C21H24N4O3. The van der Waals surface area contributed by atoms with E-state index in [-0.39, 0.29) is 6.61 Å². The molecule has 1 heterocycles. The van der Waals surface area contributed by atoms with E-state index in [1.54, 1.807) is 19.1 Å². The van der Waals surface area contributed by atoms with E-state index in [1.165, 1.54) is 4.80 Å². The molecule has 3 rings (SSSR count). The molecule has 0 amide bonds. The third kappa shape index (κ3) is 3.67. The second-order valence-corrected chi connectivity index (χ2v) is 7.48. The van der Waals surface area contributed by atoms with Crippen LogP contribution in [0.3, 0.4) is 0 Å². The van der Waals surface area contributed by atoms with Gasteiger partial charge in [-0.05, 0) is 30.7 Å². The van der Waals surface area contributed by atoms with Crippen molar-refractivity contribution >= 4 is 17.0 Å². The highest BCUT2D eigenvalue weighted by Gasteiger charge is 2.30. The number of aromatic nitrogens is 3. The molecule has 0 aliphatic carbocycles. The lowest BCUT2D eigenvalue weighted by molar-refractivity contribution is -0.152. The smallest absolute Gasteiger partial charge is 0.332 e. The van der Waals surface area contributed by atoms with Crippen molar-refractivity contribution in [2.45, 2.75) is 31.9 Å². The molecule has 28 heavy (non-hydrogen) atoms. The van der Waals surface area contributed by atoms with E-state index in [4.69, 9.17) is 10.5 Å². The lowest BCUT2D eigenvalue weighted by atomic mass is 9.83. The number of hydrogen-bond acceptors (Lipinski definition) is 6. The zero-order valence-electron chi connectivity index (χ0n) is 16.2. The Hall–Kier alpha value is -3.03. The first-order valence-electron chi connectivity index (χ1n) is 8.90. The van der Waals surface area contributed by atoms with Crippen molar-refractivity contribution in [2.75, 3.05) is 6.61 Å². The Morgan fingerprint density at radius 2 is 1.82 bits per heavy atom. The Balaban J connectivity index is 2.19. The largest absolute Gasteiger partial charge is 0.437 e. The van der Waals surface area contributed by atoms with Crippen molar-refractivity contribution < 1.29 is 14.6 Å². The van der Waals surface area contributed by atoms with Crippen molar-refractivity contribution in [3.8, 4) is 5.69 Å². The molecule has 0 radical (unpaired) electrons. The maximum atomic E-state index is 11.7. The summed E-state index contributed by atoms with van der Waals surface area (Å²) in [4.78, 5) is 13.2. The second kappa shape index (κ2) is 7.18. The molecule has 1 atom stereocenters. The minimum absolute atomic E-state index is 0.0640. The predicted molar refractivity (Wildman–Crippen MR) is 107 cm³/mol. The van der Waals surface area contributed by atoms with Crippen LogP contribution in [-0.4, -0.2) is 32.7 Å². The minimum atomic E-state index is -1.37. The number of ether oxygens (including phenoxy) is 1. The highest BCUT2D eigenvalue weighted by atomic mass is 16.6. The fourth-order valence-corrected chi connectivity index (χ4v) is 2.94. The summed E-state index contributed by atoms with van der Waals surface area (Å²) in [6.07, 6.45) is 1.07. The fourth-order valence-electron chi connectivity index (χ4n) is 2.94. The van der Waals surface area contributed by atoms with Gasteiger partial charge in [-0.3, -0.25) is 5.73 Å². The lowest BCUT2D eigenvalue weighted by Gasteiger charge is -2.29. The van der Waals surface area contributed by atoms with Gasteiger partial charge < -0.3 is 9.84 Å². The number of carbonyl (C=O) groups is 1. The Kier molecular flexibility index (Phi) is 5.06. The molecule has 0 bridgehead atoms. The number of benzene rings is 2. The van der Waals surface area contributed by atoms with Crippen LogP contribution in [0.4, 0.5) is 0 Å². The van der Waals surface area contributed by atoms with Gasteiger partial charge in [0.2, 0.25) is 0 Å². The van der Waals surface area contributed by atoms with Crippen molar-refractivity contribution in [1.29, 1.82) is 0 Å². The maximum Gasteiger partial charge on any atom is 0.332 e. The summed E-state index contributed by atoms with van der Waals surface area (Å²) < 4.78 is 5.30. The molecule has 3 N–H and O–H groups in total. The number of carbonyl (C=O) groups excluding carboxylic acids is 1. The first kappa shape index (κ1) is 19.7. The first-order chi connectivity index (χ1) is 13.2. The summed E-state index contributed by atoms with van der Waals surface area (Å²) in [5.41, 5.74) is 7.87. The van der Waals surface area contributed by atoms with Crippen LogP contribution in [0.1, 0.15) is 31.9 Å². The summed E-state index contributed by atoms with van der Waals surface area (Å²) in [5.74, 6) is -0.616. The van der Waals surface area contributed by atoms with Gasteiger partial charge in [0, 0.05) is 17.1 Å². The quantitative estimate of drug-likeness (QED) is 0.387. The number of rotatable bonds is 6. The van der Waals surface area contributed by atoms with E-state index in [1.807, 2.05) is 44.2 Å². The third-order valence-corrected chi connectivity index (χ3v) is 4.68. The van der Waals surface area contributed by atoms with E-state index in [2.05, 4.69) is 16.8 Å². The number of nitrogens with two attached hydrogens (primary N) is 1. The second-order valence-electron chi connectivity index (χ2n) is 7.48. The van der Waals surface area contributed by atoms with Gasteiger partial charge in [0.15, 0.2) is 5.72 Å². The Bertz CT molecular complexity index is 1000. The molecule has 0 spiro atoms. The topological polar surface area (TPSA) is 103 Å². The highest BCUT2D eigenvalue weighted by Crippen LogP contribution is 2.32. The van der Waals surface area contributed by atoms with Crippen molar-refractivity contribution in [2.24, 2.45) is 5.73 Å². The molecular weight excluding hydrogens is 356 g/mol. The predicted octanol–water partition coefficient (Wildman–Crippen LogP) is 2.55. The monoisotopic (exact) mass is 380 g/mol. The Morgan fingerprint density at radius 3 is 2.36 bits per heavy atom. The highest BCUT2D eigenvalue weighted by molar-refractivity contribution is 5.81. The van der Waals surface area contributed by atoms with E-state index in [0.29, 0.717) is 11.3 Å². The number of aliphatic hydroxyl groups excluding tert-OH is 1. The summed E-state index contributed by atoms with van der Waals surface area (Å²) in [6.45, 7) is 8.78. The summed E-state index contributed by atoms with van der Waals surface area (Å²) >= 11 is 0. The van der Waals surface area contributed by atoms with Gasteiger partial charge in [-0.15, -0.1) is 10.2 Å². The molecule has 146 valence electrons. The molecule has 0 aliphatic heterocycles. The molecule has 2 aromatic carbocycles. The van der Waals surface area contributed by atoms with E-state index < -0.39 is 17.1 Å². The molecule has 1 unspecified atom stereocenters. The van der Waals surface area contributed by atoms with Gasteiger partial charge in [0.25, 0.3) is 0 Å². The van der Waals surface area contributed by atoms with Gasteiger partial charge in [-0.1, -0.05) is 44.7 Å². The van der Waals surface area contributed by atoms with Crippen LogP contribution >= 0.6 is 0 Å². The normalized spacial score (nSPS) is 13.9. The van der Waals surface area contributed by atoms with Crippen molar-refractivity contribution in [1.82, 2.24) is 15.0 Å². The minimum Gasteiger partial charge on any atom is -0.437 e. The molecule has 3 aromatic rings. The number of esters is 1. The SMILES string of the molecule is C=CC(=O)OC(C)(N)c1ccc(C(C)(C)CO)c(-n2nc3ccccc3n2)c1. The van der Waals surface area contributed by atoms with Crippen LogP contribution in [0.2, 0.25) is 0 Å². The standard InChI is InChI=1S/C21H24N4O3/c1-5-19(27)28-21(4,22)14-10-11-15(20(2,3)13-26)18(12-14)25-23-16-8-6-7-9-17(16)24-25/h5-12,26H,1,13,22H2,2-4H3. The summed E-state index contributed by atoms with van der Waals surface area (Å²) in [5, 5.41) is 19.0. The van der Waals surface area contributed by atoms with Gasteiger partial charge in [0.05, 0.1) is 12.3 Å². The van der Waals surface area contributed by atoms with E-state index >= 15 is 0 Å². The molecule has 0 saturated carbocycles. The molecule has 1 aromatic heterocycles.